The molecule has 0 aliphatic heterocycles. The zero-order valence-electron chi connectivity index (χ0n) is 13.1. The van der Waals surface area contributed by atoms with Gasteiger partial charge in [0.05, 0.1) is 6.61 Å². The zero-order valence-corrected chi connectivity index (χ0v) is 13.1. The van der Waals surface area contributed by atoms with Crippen molar-refractivity contribution in [3.63, 3.8) is 0 Å². The number of nitrogens with one attached hydrogen (secondary N) is 3. The lowest BCUT2D eigenvalue weighted by Crippen LogP contribution is -2.28. The van der Waals surface area contributed by atoms with E-state index in [0.29, 0.717) is 16.9 Å². The molecule has 6 nitrogen and oxygen atoms in total. The minimum atomic E-state index is -0.541. The monoisotopic (exact) mass is 331 g/mol. The summed E-state index contributed by atoms with van der Waals surface area (Å²) in [5.41, 5.74) is 1.49. The molecule has 3 amide bonds. The van der Waals surface area contributed by atoms with Crippen LogP contribution in [-0.4, -0.2) is 18.7 Å². The first kappa shape index (κ1) is 17.3. The van der Waals surface area contributed by atoms with Gasteiger partial charge in [-0.05, 0) is 37.3 Å². The molecule has 0 atom stereocenters. The fraction of sp³-hybridized carbons (Fsp3) is 0.176. The first-order valence-corrected chi connectivity index (χ1v) is 7.40. The predicted molar refractivity (Wildman–Crippen MR) is 89.3 cm³/mol. The van der Waals surface area contributed by atoms with Crippen LogP contribution in [0.25, 0.3) is 0 Å². The number of ether oxygens (including phenoxy) is 1. The number of halogens is 1. The van der Waals surface area contributed by atoms with Crippen molar-refractivity contribution in [3.8, 4) is 0 Å². The van der Waals surface area contributed by atoms with E-state index in [4.69, 9.17) is 4.74 Å². The van der Waals surface area contributed by atoms with Crippen molar-refractivity contribution in [2.75, 3.05) is 17.2 Å². The molecule has 0 saturated heterocycles. The topological polar surface area (TPSA) is 79.5 Å². The van der Waals surface area contributed by atoms with E-state index in [1.54, 1.807) is 49.4 Å². The molecule has 0 aliphatic carbocycles. The van der Waals surface area contributed by atoms with Gasteiger partial charge in [0.2, 0.25) is 0 Å². The van der Waals surface area contributed by atoms with Gasteiger partial charge in [-0.1, -0.05) is 18.2 Å². The predicted octanol–water partition coefficient (Wildman–Crippen LogP) is 3.72. The summed E-state index contributed by atoms with van der Waals surface area (Å²) >= 11 is 0. The molecule has 2 aromatic carbocycles. The smallest absolute Gasteiger partial charge is 0.411 e. The van der Waals surface area contributed by atoms with Crippen LogP contribution < -0.4 is 16.0 Å². The van der Waals surface area contributed by atoms with Gasteiger partial charge in [0, 0.05) is 23.5 Å². The van der Waals surface area contributed by atoms with Crippen LogP contribution in [-0.2, 0) is 11.3 Å². The number of urea groups is 1. The Morgan fingerprint density at radius 2 is 1.62 bits per heavy atom. The van der Waals surface area contributed by atoms with Crippen LogP contribution in [0.1, 0.15) is 12.5 Å². The lowest BCUT2D eigenvalue weighted by Gasteiger charge is -2.09. The molecule has 0 heterocycles. The third-order valence-electron chi connectivity index (χ3n) is 3.06. The SMILES string of the molecule is CCOC(=O)Nc1ccc(NC(=O)NCc2ccccc2F)cc1. The van der Waals surface area contributed by atoms with Gasteiger partial charge in [0.15, 0.2) is 0 Å². The molecular formula is C17H18FN3O3. The Balaban J connectivity index is 1.83. The Kier molecular flexibility index (Phi) is 6.13. The molecule has 3 N–H and O–H groups in total. The lowest BCUT2D eigenvalue weighted by molar-refractivity contribution is 0.168. The summed E-state index contributed by atoms with van der Waals surface area (Å²) in [4.78, 5) is 23.1. The highest BCUT2D eigenvalue weighted by Crippen LogP contribution is 2.14. The van der Waals surface area contributed by atoms with Gasteiger partial charge in [-0.2, -0.15) is 0 Å². The molecule has 0 aliphatic rings. The number of rotatable bonds is 5. The van der Waals surface area contributed by atoms with Crippen molar-refractivity contribution in [2.24, 2.45) is 0 Å². The van der Waals surface area contributed by atoms with E-state index in [-0.39, 0.29) is 19.0 Å². The summed E-state index contributed by atoms with van der Waals surface area (Å²) in [5.74, 6) is -0.368. The minimum Gasteiger partial charge on any atom is -0.450 e. The maximum Gasteiger partial charge on any atom is 0.411 e. The summed E-state index contributed by atoms with van der Waals surface area (Å²) in [5, 5.41) is 7.74. The molecule has 2 aromatic rings. The Labute approximate surface area is 139 Å². The fourth-order valence-corrected chi connectivity index (χ4v) is 1.91. The number of hydrogen-bond donors (Lipinski definition) is 3. The fourth-order valence-electron chi connectivity index (χ4n) is 1.91. The molecule has 0 radical (unpaired) electrons. The molecule has 0 bridgehead atoms. The van der Waals surface area contributed by atoms with Gasteiger partial charge in [-0.25, -0.2) is 14.0 Å². The Bertz CT molecular complexity index is 704. The van der Waals surface area contributed by atoms with Crippen molar-refractivity contribution in [1.29, 1.82) is 0 Å². The lowest BCUT2D eigenvalue weighted by atomic mass is 10.2. The van der Waals surface area contributed by atoms with Gasteiger partial charge in [0.1, 0.15) is 5.82 Å². The third-order valence-corrected chi connectivity index (χ3v) is 3.06. The number of carbonyl (C=O) groups excluding carboxylic acids is 2. The molecule has 0 aromatic heterocycles. The van der Waals surface area contributed by atoms with E-state index >= 15 is 0 Å². The number of amides is 3. The van der Waals surface area contributed by atoms with Crippen molar-refractivity contribution in [2.45, 2.75) is 13.5 Å². The number of anilines is 2. The van der Waals surface area contributed by atoms with E-state index in [1.165, 1.54) is 6.07 Å². The first-order valence-electron chi connectivity index (χ1n) is 7.40. The molecule has 7 heteroatoms. The molecule has 2 rings (SSSR count). The van der Waals surface area contributed by atoms with Crippen LogP contribution in [0.2, 0.25) is 0 Å². The van der Waals surface area contributed by atoms with Gasteiger partial charge in [-0.15, -0.1) is 0 Å². The van der Waals surface area contributed by atoms with E-state index in [2.05, 4.69) is 16.0 Å². The highest BCUT2D eigenvalue weighted by molar-refractivity contribution is 5.90. The summed E-state index contributed by atoms with van der Waals surface area (Å²) in [6.07, 6.45) is -0.541. The van der Waals surface area contributed by atoms with Gasteiger partial charge in [-0.3, -0.25) is 5.32 Å². The highest BCUT2D eigenvalue weighted by atomic mass is 19.1. The molecule has 0 saturated carbocycles. The van der Waals surface area contributed by atoms with Gasteiger partial charge >= 0.3 is 12.1 Å². The van der Waals surface area contributed by atoms with Crippen LogP contribution in [0.15, 0.2) is 48.5 Å². The standard InChI is InChI=1S/C17H18FN3O3/c1-2-24-17(23)21-14-9-7-13(8-10-14)20-16(22)19-11-12-5-3-4-6-15(12)18/h3-10H,2,11H2,1H3,(H,21,23)(H2,19,20,22). The third kappa shape index (κ3) is 5.28. The average molecular weight is 331 g/mol. The van der Waals surface area contributed by atoms with E-state index in [9.17, 15) is 14.0 Å². The van der Waals surface area contributed by atoms with Gasteiger partial charge in [0.25, 0.3) is 0 Å². The van der Waals surface area contributed by atoms with Gasteiger partial charge < -0.3 is 15.4 Å². The minimum absolute atomic E-state index is 0.0843. The second-order valence-electron chi connectivity index (χ2n) is 4.82. The van der Waals surface area contributed by atoms with Crippen LogP contribution >= 0.6 is 0 Å². The van der Waals surface area contributed by atoms with Crippen molar-refractivity contribution in [3.05, 3.63) is 59.9 Å². The summed E-state index contributed by atoms with van der Waals surface area (Å²) in [6.45, 7) is 2.08. The Morgan fingerprint density at radius 3 is 2.25 bits per heavy atom. The summed E-state index contributed by atoms with van der Waals surface area (Å²) < 4.78 is 18.2. The highest BCUT2D eigenvalue weighted by Gasteiger charge is 2.06. The molecule has 0 spiro atoms. The van der Waals surface area contributed by atoms with Crippen LogP contribution in [0.3, 0.4) is 0 Å². The van der Waals surface area contributed by atoms with Crippen LogP contribution in [0.5, 0.6) is 0 Å². The van der Waals surface area contributed by atoms with E-state index in [0.717, 1.165) is 0 Å². The Morgan fingerprint density at radius 1 is 1.00 bits per heavy atom. The maximum absolute atomic E-state index is 13.5. The second kappa shape index (κ2) is 8.52. The van der Waals surface area contributed by atoms with E-state index in [1.807, 2.05) is 0 Å². The van der Waals surface area contributed by atoms with Crippen LogP contribution in [0, 0.1) is 5.82 Å². The summed E-state index contributed by atoms with van der Waals surface area (Å²) in [6, 6.07) is 12.3. The number of hydrogen-bond acceptors (Lipinski definition) is 3. The molecule has 0 fully saturated rings. The zero-order chi connectivity index (χ0) is 17.4. The quantitative estimate of drug-likeness (QED) is 0.781. The van der Waals surface area contributed by atoms with Crippen molar-refractivity contribution in [1.82, 2.24) is 5.32 Å². The van der Waals surface area contributed by atoms with E-state index < -0.39 is 12.1 Å². The largest absolute Gasteiger partial charge is 0.450 e. The maximum atomic E-state index is 13.5. The Hall–Kier alpha value is -3.09. The van der Waals surface area contributed by atoms with Crippen LogP contribution in [0.4, 0.5) is 25.4 Å². The second-order valence-corrected chi connectivity index (χ2v) is 4.82. The molecule has 0 unspecified atom stereocenters. The first-order chi connectivity index (χ1) is 11.6. The molecular weight excluding hydrogens is 313 g/mol. The number of carbonyl (C=O) groups is 2. The number of benzene rings is 2. The normalized spacial score (nSPS) is 9.92. The van der Waals surface area contributed by atoms with Crippen molar-refractivity contribution >= 4 is 23.5 Å². The molecule has 126 valence electrons. The summed E-state index contributed by atoms with van der Waals surface area (Å²) in [7, 11) is 0. The molecule has 24 heavy (non-hydrogen) atoms. The average Bonchev–Trinajstić information content (AvgIpc) is 2.56. The van der Waals surface area contributed by atoms with Crippen molar-refractivity contribution < 1.29 is 18.7 Å².